The molecule has 0 spiro atoms. The first-order valence-corrected chi connectivity index (χ1v) is 10.9. The number of carbonyl (C=O) groups excluding carboxylic acids is 1. The van der Waals surface area contributed by atoms with Crippen LogP contribution in [0.4, 0.5) is 9.52 Å². The van der Waals surface area contributed by atoms with Gasteiger partial charge in [-0.2, -0.15) is 0 Å². The zero-order valence-corrected chi connectivity index (χ0v) is 18.6. The molecular formula is C24H20ClFN2O2S. The van der Waals surface area contributed by atoms with Gasteiger partial charge in [-0.25, -0.2) is 9.37 Å². The second-order valence-corrected chi connectivity index (χ2v) is 9.00. The molecule has 1 aromatic heterocycles. The summed E-state index contributed by atoms with van der Waals surface area (Å²) >= 11 is 7.22. The van der Waals surface area contributed by atoms with Crippen molar-refractivity contribution in [2.24, 2.45) is 0 Å². The highest BCUT2D eigenvalue weighted by Gasteiger charge is 2.36. The minimum atomic E-state index is -1.17. The van der Waals surface area contributed by atoms with Crippen molar-refractivity contribution in [3.63, 3.8) is 0 Å². The van der Waals surface area contributed by atoms with Crippen LogP contribution in [0.3, 0.4) is 0 Å². The number of fused-ring (bicyclic) bond motifs is 1. The average Bonchev–Trinajstić information content (AvgIpc) is 3.16. The largest absolute Gasteiger partial charge is 0.478 e. The van der Waals surface area contributed by atoms with Crippen molar-refractivity contribution >= 4 is 44.2 Å². The maximum absolute atomic E-state index is 13.7. The van der Waals surface area contributed by atoms with Crippen molar-refractivity contribution < 1.29 is 13.9 Å². The van der Waals surface area contributed by atoms with Crippen LogP contribution in [-0.4, -0.2) is 16.5 Å². The third-order valence-corrected chi connectivity index (χ3v) is 5.99. The number of thiazole rings is 1. The number of rotatable bonds is 6. The Bertz CT molecular complexity index is 1210. The van der Waals surface area contributed by atoms with Gasteiger partial charge in [0.15, 0.2) is 10.7 Å². The zero-order valence-electron chi connectivity index (χ0n) is 17.0. The van der Waals surface area contributed by atoms with Crippen molar-refractivity contribution in [3.05, 3.63) is 89.2 Å². The molecule has 4 rings (SSSR count). The molecule has 0 unspecified atom stereocenters. The molecule has 0 bridgehead atoms. The van der Waals surface area contributed by atoms with Crippen LogP contribution in [0.2, 0.25) is 5.02 Å². The van der Waals surface area contributed by atoms with Gasteiger partial charge >= 0.3 is 0 Å². The Kier molecular flexibility index (Phi) is 5.94. The molecule has 0 aliphatic rings. The smallest absolute Gasteiger partial charge is 0.272 e. The third kappa shape index (κ3) is 4.86. The average molecular weight is 455 g/mol. The van der Waals surface area contributed by atoms with Crippen LogP contribution in [0.1, 0.15) is 19.4 Å². The quantitative estimate of drug-likeness (QED) is 0.335. The number of anilines is 1. The van der Waals surface area contributed by atoms with Crippen LogP contribution in [0.15, 0.2) is 72.8 Å². The molecule has 31 heavy (non-hydrogen) atoms. The van der Waals surface area contributed by atoms with Crippen LogP contribution in [0, 0.1) is 5.82 Å². The van der Waals surface area contributed by atoms with Gasteiger partial charge in [-0.1, -0.05) is 53.3 Å². The van der Waals surface area contributed by atoms with Gasteiger partial charge in [0.1, 0.15) is 11.6 Å². The van der Waals surface area contributed by atoms with E-state index in [9.17, 15) is 9.18 Å². The van der Waals surface area contributed by atoms with Gasteiger partial charge in [-0.3, -0.25) is 9.69 Å². The summed E-state index contributed by atoms with van der Waals surface area (Å²) in [5, 5.41) is 1.08. The second-order valence-electron chi connectivity index (χ2n) is 7.55. The van der Waals surface area contributed by atoms with E-state index in [1.54, 1.807) is 49.1 Å². The second kappa shape index (κ2) is 8.65. The number of hydrogen-bond donors (Lipinski definition) is 0. The van der Waals surface area contributed by atoms with Crippen LogP contribution in [0.5, 0.6) is 5.75 Å². The van der Waals surface area contributed by atoms with E-state index in [-0.39, 0.29) is 11.7 Å². The monoisotopic (exact) mass is 454 g/mol. The van der Waals surface area contributed by atoms with E-state index in [1.807, 2.05) is 30.3 Å². The Hall–Kier alpha value is -2.96. The molecule has 0 atom stereocenters. The highest BCUT2D eigenvalue weighted by molar-refractivity contribution is 7.22. The Morgan fingerprint density at radius 3 is 2.52 bits per heavy atom. The van der Waals surface area contributed by atoms with E-state index in [4.69, 9.17) is 16.3 Å². The van der Waals surface area contributed by atoms with Gasteiger partial charge in [-0.15, -0.1) is 0 Å². The minimum Gasteiger partial charge on any atom is -0.478 e. The van der Waals surface area contributed by atoms with Gasteiger partial charge in [0.2, 0.25) is 0 Å². The van der Waals surface area contributed by atoms with E-state index in [0.717, 1.165) is 5.56 Å². The Morgan fingerprint density at radius 2 is 1.81 bits per heavy atom. The van der Waals surface area contributed by atoms with E-state index in [0.29, 0.717) is 32.7 Å². The van der Waals surface area contributed by atoms with Gasteiger partial charge in [-0.05, 0) is 61.9 Å². The maximum atomic E-state index is 13.7. The van der Waals surface area contributed by atoms with Crippen molar-refractivity contribution in [3.8, 4) is 5.75 Å². The lowest BCUT2D eigenvalue weighted by Crippen LogP contribution is -2.48. The molecule has 7 heteroatoms. The highest BCUT2D eigenvalue weighted by Crippen LogP contribution is 2.33. The molecule has 158 valence electrons. The molecule has 0 radical (unpaired) electrons. The fourth-order valence-corrected chi connectivity index (χ4v) is 4.27. The lowest BCUT2D eigenvalue weighted by Gasteiger charge is -2.31. The number of benzene rings is 3. The summed E-state index contributed by atoms with van der Waals surface area (Å²) < 4.78 is 20.4. The fourth-order valence-electron chi connectivity index (χ4n) is 3.16. The minimum absolute atomic E-state index is 0.258. The summed E-state index contributed by atoms with van der Waals surface area (Å²) in [6, 6.07) is 20.9. The van der Waals surface area contributed by atoms with Crippen LogP contribution >= 0.6 is 22.9 Å². The molecule has 0 aliphatic heterocycles. The molecule has 1 heterocycles. The standard InChI is InChI=1S/C24H20ClFN2O2S/c1-24(2,30-19-11-8-17(25)9-12-19)22(29)28(15-16-6-4-3-5-7-16)23-27-20-13-10-18(26)14-21(20)31-23/h3-14H,15H2,1-2H3. The Morgan fingerprint density at radius 1 is 1.10 bits per heavy atom. The summed E-state index contributed by atoms with van der Waals surface area (Å²) in [4.78, 5) is 19.8. The molecule has 0 saturated heterocycles. The van der Waals surface area contributed by atoms with Crippen molar-refractivity contribution in [2.45, 2.75) is 26.0 Å². The molecule has 0 aliphatic carbocycles. The molecule has 0 saturated carbocycles. The molecule has 0 N–H and O–H groups in total. The van der Waals surface area contributed by atoms with E-state index >= 15 is 0 Å². The van der Waals surface area contributed by atoms with Crippen LogP contribution in [-0.2, 0) is 11.3 Å². The fraction of sp³-hybridized carbons (Fsp3) is 0.167. The first kappa shape index (κ1) is 21.3. The molecule has 3 aromatic carbocycles. The van der Waals surface area contributed by atoms with E-state index < -0.39 is 5.60 Å². The third-order valence-electron chi connectivity index (χ3n) is 4.70. The van der Waals surface area contributed by atoms with Crippen molar-refractivity contribution in [2.75, 3.05) is 4.90 Å². The number of nitrogens with zero attached hydrogens (tertiary/aromatic N) is 2. The van der Waals surface area contributed by atoms with Crippen molar-refractivity contribution in [1.82, 2.24) is 4.98 Å². The summed E-state index contributed by atoms with van der Waals surface area (Å²) in [6.07, 6.45) is 0. The summed E-state index contributed by atoms with van der Waals surface area (Å²) in [5.41, 5.74) is 0.415. The van der Waals surface area contributed by atoms with Gasteiger partial charge in [0.25, 0.3) is 5.91 Å². The topological polar surface area (TPSA) is 42.4 Å². The molecule has 1 amide bonds. The molecular weight excluding hydrogens is 435 g/mol. The number of aromatic nitrogens is 1. The first-order chi connectivity index (χ1) is 14.8. The first-order valence-electron chi connectivity index (χ1n) is 9.68. The highest BCUT2D eigenvalue weighted by atomic mass is 35.5. The lowest BCUT2D eigenvalue weighted by molar-refractivity contribution is -0.131. The number of amides is 1. The number of halogens is 2. The number of hydrogen-bond acceptors (Lipinski definition) is 4. The SMILES string of the molecule is CC(C)(Oc1ccc(Cl)cc1)C(=O)N(Cc1ccccc1)c1nc2ccc(F)cc2s1. The normalized spacial score (nSPS) is 11.5. The van der Waals surface area contributed by atoms with Crippen LogP contribution in [0.25, 0.3) is 10.2 Å². The molecule has 4 aromatic rings. The van der Waals surface area contributed by atoms with E-state index in [2.05, 4.69) is 4.98 Å². The number of ether oxygens (including phenoxy) is 1. The molecule has 4 nitrogen and oxygen atoms in total. The Labute approximate surface area is 188 Å². The van der Waals surface area contributed by atoms with Gasteiger partial charge < -0.3 is 4.74 Å². The van der Waals surface area contributed by atoms with Gasteiger partial charge in [0.05, 0.1) is 16.8 Å². The predicted octanol–water partition coefficient (Wildman–Crippen LogP) is 6.48. The maximum Gasteiger partial charge on any atom is 0.272 e. The molecule has 0 fully saturated rings. The van der Waals surface area contributed by atoms with E-state index in [1.165, 1.54) is 23.5 Å². The lowest BCUT2D eigenvalue weighted by atomic mass is 10.1. The summed E-state index contributed by atoms with van der Waals surface area (Å²) in [7, 11) is 0. The Balaban J connectivity index is 1.69. The summed E-state index contributed by atoms with van der Waals surface area (Å²) in [6.45, 7) is 3.75. The van der Waals surface area contributed by atoms with Crippen molar-refractivity contribution in [1.29, 1.82) is 0 Å². The number of carbonyl (C=O) groups is 1. The summed E-state index contributed by atoms with van der Waals surface area (Å²) in [5.74, 6) is -0.0605. The van der Waals surface area contributed by atoms with Crippen LogP contribution < -0.4 is 9.64 Å². The predicted molar refractivity (Wildman–Crippen MR) is 123 cm³/mol. The van der Waals surface area contributed by atoms with Gasteiger partial charge in [0, 0.05) is 5.02 Å². The zero-order chi connectivity index (χ0) is 22.0.